The van der Waals surface area contributed by atoms with Gasteiger partial charge in [-0.2, -0.15) is 0 Å². The lowest BCUT2D eigenvalue weighted by atomic mass is 10.1. The Balaban J connectivity index is 2.35. The molecular weight excluding hydrogens is 246 g/mol. The summed E-state index contributed by atoms with van der Waals surface area (Å²) >= 11 is 3.49. The van der Waals surface area contributed by atoms with Crippen LogP contribution in [0.2, 0.25) is 0 Å². The Labute approximate surface area is 91.3 Å². The van der Waals surface area contributed by atoms with E-state index in [1.54, 1.807) is 0 Å². The second-order valence-electron chi connectivity index (χ2n) is 3.13. The van der Waals surface area contributed by atoms with Crippen LogP contribution in [0.4, 0.5) is 0 Å². The molecule has 0 aromatic heterocycles. The van der Waals surface area contributed by atoms with E-state index in [1.807, 2.05) is 12.1 Å². The van der Waals surface area contributed by atoms with Crippen LogP contribution in [0.1, 0.15) is 5.56 Å². The lowest BCUT2D eigenvalue weighted by molar-refractivity contribution is 0.171. The highest BCUT2D eigenvalue weighted by atomic mass is 79.9. The van der Waals surface area contributed by atoms with Crippen LogP contribution < -0.4 is 15.2 Å². The van der Waals surface area contributed by atoms with Crippen LogP contribution in [0, 0.1) is 0 Å². The normalized spacial score (nSPS) is 14.1. The van der Waals surface area contributed by atoms with Crippen molar-refractivity contribution in [3.05, 3.63) is 22.2 Å². The Morgan fingerprint density at radius 2 is 1.86 bits per heavy atom. The fourth-order valence-corrected chi connectivity index (χ4v) is 1.97. The van der Waals surface area contributed by atoms with Crippen molar-refractivity contribution in [2.75, 3.05) is 19.8 Å². The number of rotatable bonds is 2. The average Bonchev–Trinajstić information content (AvgIpc) is 2.19. The van der Waals surface area contributed by atoms with Gasteiger partial charge in [0.15, 0.2) is 11.5 Å². The van der Waals surface area contributed by atoms with E-state index in [0.717, 1.165) is 28.0 Å². The van der Waals surface area contributed by atoms with Gasteiger partial charge in [-0.1, -0.05) is 15.9 Å². The molecule has 0 aliphatic carbocycles. The Bertz CT molecular complexity index is 341. The zero-order valence-corrected chi connectivity index (χ0v) is 9.34. The number of halogens is 1. The highest BCUT2D eigenvalue weighted by molar-refractivity contribution is 9.10. The number of hydrogen-bond acceptors (Lipinski definition) is 3. The summed E-state index contributed by atoms with van der Waals surface area (Å²) in [6, 6.07) is 3.94. The van der Waals surface area contributed by atoms with Gasteiger partial charge in [-0.3, -0.25) is 0 Å². The maximum absolute atomic E-state index is 5.51. The molecule has 4 heteroatoms. The van der Waals surface area contributed by atoms with Crippen molar-refractivity contribution >= 4 is 15.9 Å². The fraction of sp³-hybridized carbons (Fsp3) is 0.400. The molecule has 14 heavy (non-hydrogen) atoms. The van der Waals surface area contributed by atoms with Gasteiger partial charge in [0.05, 0.1) is 0 Å². The van der Waals surface area contributed by atoms with E-state index in [9.17, 15) is 0 Å². The van der Waals surface area contributed by atoms with Gasteiger partial charge in [0.25, 0.3) is 0 Å². The third-order valence-electron chi connectivity index (χ3n) is 2.12. The number of fused-ring (bicyclic) bond motifs is 1. The Hall–Kier alpha value is -0.740. The van der Waals surface area contributed by atoms with Gasteiger partial charge in [-0.05, 0) is 30.7 Å². The molecule has 0 radical (unpaired) electrons. The molecule has 0 amide bonds. The molecule has 0 atom stereocenters. The van der Waals surface area contributed by atoms with Gasteiger partial charge in [-0.15, -0.1) is 0 Å². The van der Waals surface area contributed by atoms with Crippen molar-refractivity contribution in [2.24, 2.45) is 5.73 Å². The van der Waals surface area contributed by atoms with E-state index in [0.29, 0.717) is 19.8 Å². The molecule has 0 saturated heterocycles. The van der Waals surface area contributed by atoms with Gasteiger partial charge >= 0.3 is 0 Å². The van der Waals surface area contributed by atoms with Crippen molar-refractivity contribution in [3.63, 3.8) is 0 Å². The molecule has 0 saturated carbocycles. The Morgan fingerprint density at radius 3 is 2.50 bits per heavy atom. The molecular formula is C10H12BrNO2. The van der Waals surface area contributed by atoms with Crippen LogP contribution in [0.3, 0.4) is 0 Å². The molecule has 0 spiro atoms. The lowest BCUT2D eigenvalue weighted by Crippen LogP contribution is -2.16. The molecule has 2 rings (SSSR count). The molecule has 1 aliphatic rings. The Kier molecular flexibility index (Phi) is 2.93. The summed E-state index contributed by atoms with van der Waals surface area (Å²) in [5, 5.41) is 0. The molecule has 1 aromatic rings. The van der Waals surface area contributed by atoms with Gasteiger partial charge in [-0.25, -0.2) is 0 Å². The monoisotopic (exact) mass is 257 g/mol. The average molecular weight is 258 g/mol. The van der Waals surface area contributed by atoms with E-state index < -0.39 is 0 Å². The molecule has 1 heterocycles. The van der Waals surface area contributed by atoms with Crippen LogP contribution in [0.15, 0.2) is 16.6 Å². The number of hydrogen-bond donors (Lipinski definition) is 1. The van der Waals surface area contributed by atoms with Crippen LogP contribution in [0.25, 0.3) is 0 Å². The molecule has 3 nitrogen and oxygen atoms in total. The summed E-state index contributed by atoms with van der Waals surface area (Å²) in [5.74, 6) is 1.63. The first-order valence-corrected chi connectivity index (χ1v) is 5.38. The second kappa shape index (κ2) is 4.19. The highest BCUT2D eigenvalue weighted by Gasteiger charge is 2.14. The molecule has 0 bridgehead atoms. The molecule has 2 N–H and O–H groups in total. The van der Waals surface area contributed by atoms with Crippen LogP contribution >= 0.6 is 15.9 Å². The first-order chi connectivity index (χ1) is 6.81. The second-order valence-corrected chi connectivity index (χ2v) is 3.98. The van der Waals surface area contributed by atoms with Crippen molar-refractivity contribution < 1.29 is 9.47 Å². The van der Waals surface area contributed by atoms with Crippen LogP contribution in [0.5, 0.6) is 11.5 Å². The van der Waals surface area contributed by atoms with E-state index in [2.05, 4.69) is 15.9 Å². The summed E-state index contributed by atoms with van der Waals surface area (Å²) in [4.78, 5) is 0. The molecule has 76 valence electrons. The largest absolute Gasteiger partial charge is 0.486 e. The highest BCUT2D eigenvalue weighted by Crippen LogP contribution is 2.35. The molecule has 0 unspecified atom stereocenters. The standard InChI is InChI=1S/C10H12BrNO2/c11-8-6-10-9(13-3-4-14-10)5-7(8)1-2-12/h5-6H,1-4,12H2. The number of nitrogens with two attached hydrogens (primary N) is 1. The minimum absolute atomic E-state index is 0.621. The third-order valence-corrected chi connectivity index (χ3v) is 2.86. The van der Waals surface area contributed by atoms with E-state index in [-0.39, 0.29) is 0 Å². The van der Waals surface area contributed by atoms with Crippen LogP contribution in [-0.4, -0.2) is 19.8 Å². The van der Waals surface area contributed by atoms with Crippen LogP contribution in [-0.2, 0) is 6.42 Å². The van der Waals surface area contributed by atoms with E-state index >= 15 is 0 Å². The minimum Gasteiger partial charge on any atom is -0.486 e. The first-order valence-electron chi connectivity index (χ1n) is 4.59. The summed E-state index contributed by atoms with van der Waals surface area (Å²) in [7, 11) is 0. The van der Waals surface area contributed by atoms with Gasteiger partial charge in [0.1, 0.15) is 13.2 Å². The van der Waals surface area contributed by atoms with Gasteiger partial charge in [0.2, 0.25) is 0 Å². The predicted molar refractivity (Wildman–Crippen MR) is 57.9 cm³/mol. The SMILES string of the molecule is NCCc1cc2c(cc1Br)OCCO2. The maximum Gasteiger partial charge on any atom is 0.162 e. The first kappa shape index (κ1) is 9.80. The summed E-state index contributed by atoms with van der Waals surface area (Å²) in [6.07, 6.45) is 0.844. The van der Waals surface area contributed by atoms with Crippen molar-refractivity contribution in [3.8, 4) is 11.5 Å². The third kappa shape index (κ3) is 1.86. The smallest absolute Gasteiger partial charge is 0.162 e. The molecule has 0 fully saturated rings. The summed E-state index contributed by atoms with van der Waals surface area (Å²) in [5.41, 5.74) is 6.68. The van der Waals surface area contributed by atoms with Gasteiger partial charge in [0, 0.05) is 4.47 Å². The summed E-state index contributed by atoms with van der Waals surface area (Å²) in [6.45, 7) is 1.88. The quantitative estimate of drug-likeness (QED) is 0.878. The van der Waals surface area contributed by atoms with Crippen molar-refractivity contribution in [1.82, 2.24) is 0 Å². The van der Waals surface area contributed by atoms with Gasteiger partial charge < -0.3 is 15.2 Å². The molecule has 1 aromatic carbocycles. The number of benzene rings is 1. The predicted octanol–water partition coefficient (Wildman–Crippen LogP) is 1.72. The van der Waals surface area contributed by atoms with Crippen molar-refractivity contribution in [1.29, 1.82) is 0 Å². The van der Waals surface area contributed by atoms with E-state index in [1.165, 1.54) is 0 Å². The maximum atomic E-state index is 5.51. The fourth-order valence-electron chi connectivity index (χ4n) is 1.45. The lowest BCUT2D eigenvalue weighted by Gasteiger charge is -2.19. The molecule has 1 aliphatic heterocycles. The Morgan fingerprint density at radius 1 is 1.21 bits per heavy atom. The number of ether oxygens (including phenoxy) is 2. The minimum atomic E-state index is 0.621. The summed E-state index contributed by atoms with van der Waals surface area (Å²) < 4.78 is 12.0. The topological polar surface area (TPSA) is 44.5 Å². The zero-order valence-electron chi connectivity index (χ0n) is 7.75. The zero-order chi connectivity index (χ0) is 9.97. The van der Waals surface area contributed by atoms with Crippen molar-refractivity contribution in [2.45, 2.75) is 6.42 Å². The van der Waals surface area contributed by atoms with E-state index in [4.69, 9.17) is 15.2 Å².